The highest BCUT2D eigenvalue weighted by Gasteiger charge is 2.35. The number of carbonyl (C=O) groups is 3. The largest absolute Gasteiger partial charge is 0.481 e. The summed E-state index contributed by atoms with van der Waals surface area (Å²) in [4.78, 5) is 41.3. The summed E-state index contributed by atoms with van der Waals surface area (Å²) in [5.74, 6) is -2.04. The highest BCUT2D eigenvalue weighted by Crippen LogP contribution is 2.26. The van der Waals surface area contributed by atoms with Crippen LogP contribution in [0.15, 0.2) is 67.1 Å². The van der Waals surface area contributed by atoms with E-state index >= 15 is 0 Å². The van der Waals surface area contributed by atoms with Gasteiger partial charge in [-0.25, -0.2) is 4.98 Å². The predicted molar refractivity (Wildman–Crippen MR) is 130 cm³/mol. The van der Waals surface area contributed by atoms with Crippen LogP contribution in [0.1, 0.15) is 33.2 Å². The monoisotopic (exact) mass is 462 g/mol. The third-order valence-electron chi connectivity index (χ3n) is 5.58. The van der Waals surface area contributed by atoms with Crippen LogP contribution in [-0.2, 0) is 14.4 Å². The molecule has 1 aromatic heterocycles. The summed E-state index contributed by atoms with van der Waals surface area (Å²) in [5, 5.41) is 14.7. The van der Waals surface area contributed by atoms with Crippen LogP contribution in [0.5, 0.6) is 0 Å². The lowest BCUT2D eigenvalue weighted by Crippen LogP contribution is -2.54. The van der Waals surface area contributed by atoms with Crippen molar-refractivity contribution in [2.45, 2.75) is 39.3 Å². The van der Waals surface area contributed by atoms with E-state index in [1.165, 1.54) is 17.9 Å². The summed E-state index contributed by atoms with van der Waals surface area (Å²) in [7, 11) is 1.49. The van der Waals surface area contributed by atoms with Crippen LogP contribution in [0, 0.1) is 5.41 Å². The normalized spacial score (nSPS) is 13.1. The number of nitrogens with zero attached hydrogens (tertiary/aromatic N) is 2. The van der Waals surface area contributed by atoms with Crippen LogP contribution >= 0.6 is 0 Å². The van der Waals surface area contributed by atoms with Gasteiger partial charge in [-0.1, -0.05) is 75.4 Å². The van der Waals surface area contributed by atoms with E-state index in [0.717, 1.165) is 16.7 Å². The number of hydrogen-bond acceptors (Lipinski definition) is 4. The molecule has 0 aliphatic heterocycles. The summed E-state index contributed by atoms with van der Waals surface area (Å²) >= 11 is 0. The molecule has 2 aromatic carbocycles. The molecule has 0 saturated carbocycles. The average Bonchev–Trinajstić information content (AvgIpc) is 3.30. The van der Waals surface area contributed by atoms with E-state index in [0.29, 0.717) is 5.69 Å². The van der Waals surface area contributed by atoms with Gasteiger partial charge in [0, 0.05) is 18.8 Å². The molecule has 8 nitrogen and oxygen atoms in total. The molecule has 0 fully saturated rings. The van der Waals surface area contributed by atoms with Crippen molar-refractivity contribution in [1.82, 2.24) is 20.2 Å². The fraction of sp³-hybridized carbons (Fsp3) is 0.308. The van der Waals surface area contributed by atoms with Gasteiger partial charge in [0.05, 0.1) is 18.4 Å². The molecule has 2 atom stereocenters. The van der Waals surface area contributed by atoms with Gasteiger partial charge in [0.15, 0.2) is 0 Å². The molecule has 1 heterocycles. The highest BCUT2D eigenvalue weighted by molar-refractivity contribution is 5.91. The zero-order valence-corrected chi connectivity index (χ0v) is 19.8. The van der Waals surface area contributed by atoms with Gasteiger partial charge in [0.1, 0.15) is 12.1 Å². The first-order chi connectivity index (χ1) is 16.1. The smallest absolute Gasteiger partial charge is 0.306 e. The Labute approximate surface area is 199 Å². The van der Waals surface area contributed by atoms with Gasteiger partial charge in [-0.15, -0.1) is 0 Å². The Bertz CT molecular complexity index is 1150. The predicted octanol–water partition coefficient (Wildman–Crippen LogP) is 3.51. The molecule has 0 aliphatic rings. The summed E-state index contributed by atoms with van der Waals surface area (Å²) in [6.45, 7) is 5.48. The van der Waals surface area contributed by atoms with E-state index in [-0.39, 0.29) is 5.91 Å². The fourth-order valence-electron chi connectivity index (χ4n) is 3.68. The molecule has 0 saturated heterocycles. The summed E-state index contributed by atoms with van der Waals surface area (Å²) in [6.07, 6.45) is 2.65. The van der Waals surface area contributed by atoms with Crippen LogP contribution in [-0.4, -0.2) is 45.5 Å². The van der Waals surface area contributed by atoms with Crippen LogP contribution in [0.25, 0.3) is 22.4 Å². The van der Waals surface area contributed by atoms with E-state index in [4.69, 9.17) is 0 Å². The molecule has 2 amide bonds. The molecule has 3 rings (SSSR count). The van der Waals surface area contributed by atoms with Crippen molar-refractivity contribution in [2.75, 3.05) is 7.05 Å². The zero-order valence-electron chi connectivity index (χ0n) is 19.8. The lowest BCUT2D eigenvalue weighted by molar-refractivity contribution is -0.141. The second-order valence-electron chi connectivity index (χ2n) is 9.19. The van der Waals surface area contributed by atoms with Gasteiger partial charge >= 0.3 is 5.97 Å². The van der Waals surface area contributed by atoms with Crippen molar-refractivity contribution < 1.29 is 19.5 Å². The van der Waals surface area contributed by atoms with Crippen molar-refractivity contribution in [3.63, 3.8) is 0 Å². The highest BCUT2D eigenvalue weighted by atomic mass is 16.4. The van der Waals surface area contributed by atoms with Gasteiger partial charge in [0.25, 0.3) is 0 Å². The van der Waals surface area contributed by atoms with Crippen LogP contribution in [0.3, 0.4) is 0 Å². The van der Waals surface area contributed by atoms with Crippen molar-refractivity contribution in [2.24, 2.45) is 5.41 Å². The molecule has 34 heavy (non-hydrogen) atoms. The van der Waals surface area contributed by atoms with E-state index in [2.05, 4.69) is 15.6 Å². The number of carboxylic acids is 1. The summed E-state index contributed by atoms with van der Waals surface area (Å²) < 4.78 is 1.48. The Morgan fingerprint density at radius 2 is 1.53 bits per heavy atom. The molecule has 0 radical (unpaired) electrons. The zero-order chi connectivity index (χ0) is 24.9. The minimum atomic E-state index is -1.13. The molecule has 3 N–H and O–H groups in total. The maximum atomic E-state index is 13.1. The lowest BCUT2D eigenvalue weighted by Gasteiger charge is -2.31. The minimum Gasteiger partial charge on any atom is -0.481 e. The fourth-order valence-corrected chi connectivity index (χ4v) is 3.68. The van der Waals surface area contributed by atoms with Crippen molar-refractivity contribution in [3.8, 4) is 22.4 Å². The molecule has 0 aliphatic carbocycles. The Morgan fingerprint density at radius 3 is 2.09 bits per heavy atom. The first-order valence-electron chi connectivity index (χ1n) is 11.0. The Balaban J connectivity index is 1.84. The van der Waals surface area contributed by atoms with Crippen LogP contribution < -0.4 is 10.6 Å². The maximum absolute atomic E-state index is 13.1. The molecule has 8 heteroatoms. The van der Waals surface area contributed by atoms with Crippen molar-refractivity contribution >= 4 is 17.8 Å². The first kappa shape index (κ1) is 24.7. The van der Waals surface area contributed by atoms with Crippen LogP contribution in [0.4, 0.5) is 0 Å². The number of imidazole rings is 1. The number of benzene rings is 2. The van der Waals surface area contributed by atoms with Gasteiger partial charge < -0.3 is 20.3 Å². The maximum Gasteiger partial charge on any atom is 0.306 e. The molecular formula is C26H30N4O4. The van der Waals surface area contributed by atoms with Gasteiger partial charge in [0.2, 0.25) is 11.8 Å². The second-order valence-corrected chi connectivity index (χ2v) is 9.19. The van der Waals surface area contributed by atoms with E-state index in [1.807, 2.05) is 75.4 Å². The number of amides is 2. The van der Waals surface area contributed by atoms with Crippen molar-refractivity contribution in [3.05, 3.63) is 67.1 Å². The summed E-state index contributed by atoms with van der Waals surface area (Å²) in [5.41, 5.74) is 3.05. The molecule has 0 spiro atoms. The number of nitrogens with one attached hydrogen (secondary N) is 2. The average molecular weight is 463 g/mol. The number of hydrogen-bond donors (Lipinski definition) is 3. The number of carboxylic acid groups (broad SMARTS) is 1. The van der Waals surface area contributed by atoms with E-state index in [9.17, 15) is 19.5 Å². The minimum absolute atomic E-state index is 0.347. The SMILES string of the molecule is CNC(=O)C(NC(=O)C(CC(=O)O)n1cnc(-c2ccc(-c3ccccc3)cc2)c1)C(C)(C)C. The van der Waals surface area contributed by atoms with E-state index < -0.39 is 35.8 Å². The Kier molecular flexibility index (Phi) is 7.50. The number of carbonyl (C=O) groups excluding carboxylic acids is 2. The van der Waals surface area contributed by atoms with E-state index in [1.54, 1.807) is 6.20 Å². The molecule has 2 unspecified atom stereocenters. The number of likely N-dealkylation sites (N-methyl/N-ethyl adjacent to an activating group) is 1. The quantitative estimate of drug-likeness (QED) is 0.474. The first-order valence-corrected chi connectivity index (χ1v) is 11.0. The number of rotatable bonds is 8. The third kappa shape index (κ3) is 5.89. The third-order valence-corrected chi connectivity index (χ3v) is 5.58. The molecule has 178 valence electrons. The van der Waals surface area contributed by atoms with Gasteiger partial charge in [-0.3, -0.25) is 14.4 Å². The number of aromatic nitrogens is 2. The van der Waals surface area contributed by atoms with Gasteiger partial charge in [-0.05, 0) is 16.5 Å². The van der Waals surface area contributed by atoms with Crippen molar-refractivity contribution in [1.29, 1.82) is 0 Å². The summed E-state index contributed by atoms with van der Waals surface area (Å²) in [6, 6.07) is 15.9. The molecule has 3 aromatic rings. The Hall–Kier alpha value is -3.94. The van der Waals surface area contributed by atoms with Gasteiger partial charge in [-0.2, -0.15) is 0 Å². The Morgan fingerprint density at radius 1 is 0.941 bits per heavy atom. The molecule has 0 bridgehead atoms. The lowest BCUT2D eigenvalue weighted by atomic mass is 9.86. The topological polar surface area (TPSA) is 113 Å². The molecular weight excluding hydrogens is 432 g/mol. The second kappa shape index (κ2) is 10.3. The number of aliphatic carboxylic acids is 1. The van der Waals surface area contributed by atoms with Crippen LogP contribution in [0.2, 0.25) is 0 Å². The standard InChI is InChI=1S/C26H30N4O4/c1-26(2,3)23(25(34)27-4)29-24(33)21(14-22(31)32)30-15-20(28-16-30)19-12-10-18(11-13-19)17-8-6-5-7-9-17/h5-13,15-16,21,23H,14H2,1-4H3,(H,27,34)(H,29,33)(H,31,32).